The van der Waals surface area contributed by atoms with Gasteiger partial charge in [-0.3, -0.25) is 4.79 Å². The van der Waals surface area contributed by atoms with E-state index in [4.69, 9.17) is 9.47 Å². The van der Waals surface area contributed by atoms with E-state index in [1.165, 1.54) is 0 Å². The molecule has 1 atom stereocenters. The van der Waals surface area contributed by atoms with Crippen molar-refractivity contribution in [3.8, 4) is 16.9 Å². The van der Waals surface area contributed by atoms with Crippen LogP contribution in [-0.4, -0.2) is 55.4 Å². The Bertz CT molecular complexity index is 858. The molecule has 1 amide bonds. The van der Waals surface area contributed by atoms with Crippen molar-refractivity contribution in [2.75, 3.05) is 33.4 Å². The molecule has 0 spiro atoms. The highest BCUT2D eigenvalue weighted by molar-refractivity contribution is 5.83. The molecule has 30 heavy (non-hydrogen) atoms. The first kappa shape index (κ1) is 20.9. The van der Waals surface area contributed by atoms with Crippen molar-refractivity contribution in [1.82, 2.24) is 4.90 Å². The molecule has 2 aliphatic rings. The van der Waals surface area contributed by atoms with Crippen LogP contribution in [0.15, 0.2) is 48.5 Å². The number of rotatable bonds is 5. The van der Waals surface area contributed by atoms with Crippen molar-refractivity contribution in [3.63, 3.8) is 0 Å². The number of benzene rings is 2. The highest BCUT2D eigenvalue weighted by atomic mass is 16.5. The van der Waals surface area contributed by atoms with Crippen molar-refractivity contribution in [2.45, 2.75) is 38.2 Å². The molecule has 5 nitrogen and oxygen atoms in total. The van der Waals surface area contributed by atoms with E-state index in [1.807, 2.05) is 17.0 Å². The van der Waals surface area contributed by atoms with Crippen LogP contribution < -0.4 is 4.74 Å². The average molecular weight is 410 g/mol. The van der Waals surface area contributed by atoms with Gasteiger partial charge in [-0.1, -0.05) is 36.4 Å². The molecule has 2 aliphatic heterocycles. The summed E-state index contributed by atoms with van der Waals surface area (Å²) < 4.78 is 10.9. The molecule has 2 aromatic rings. The van der Waals surface area contributed by atoms with Gasteiger partial charge in [0.15, 0.2) is 0 Å². The molecule has 0 saturated carbocycles. The quantitative estimate of drug-likeness (QED) is 0.818. The number of methoxy groups -OCH3 is 1. The zero-order valence-corrected chi connectivity index (χ0v) is 17.7. The molecule has 2 aromatic carbocycles. The summed E-state index contributed by atoms with van der Waals surface area (Å²) in [5, 5.41) is 10.1. The Balaban J connectivity index is 1.58. The third-order valence-electron chi connectivity index (χ3n) is 6.48. The Morgan fingerprint density at radius 1 is 1.17 bits per heavy atom. The Morgan fingerprint density at radius 3 is 2.63 bits per heavy atom. The summed E-state index contributed by atoms with van der Waals surface area (Å²) in [5.41, 5.74) is 2.98. The van der Waals surface area contributed by atoms with E-state index in [9.17, 15) is 9.90 Å². The Morgan fingerprint density at radius 2 is 1.93 bits per heavy atom. The van der Waals surface area contributed by atoms with E-state index in [0.29, 0.717) is 26.2 Å². The summed E-state index contributed by atoms with van der Waals surface area (Å²) in [5.74, 6) is 1.02. The van der Waals surface area contributed by atoms with Gasteiger partial charge >= 0.3 is 0 Å². The highest BCUT2D eigenvalue weighted by Crippen LogP contribution is 2.38. The topological polar surface area (TPSA) is 59.0 Å². The Kier molecular flexibility index (Phi) is 6.40. The third kappa shape index (κ3) is 4.52. The van der Waals surface area contributed by atoms with Crippen molar-refractivity contribution >= 4 is 5.91 Å². The maximum absolute atomic E-state index is 13.6. The molecule has 0 aromatic heterocycles. The average Bonchev–Trinajstić information content (AvgIpc) is 2.79. The van der Waals surface area contributed by atoms with E-state index in [-0.39, 0.29) is 5.91 Å². The van der Waals surface area contributed by atoms with Crippen LogP contribution in [0.25, 0.3) is 11.1 Å². The molecular weight excluding hydrogens is 378 g/mol. The van der Waals surface area contributed by atoms with Crippen LogP contribution >= 0.6 is 0 Å². The molecule has 160 valence electrons. The summed E-state index contributed by atoms with van der Waals surface area (Å²) >= 11 is 0. The lowest BCUT2D eigenvalue weighted by molar-refractivity contribution is -0.151. The van der Waals surface area contributed by atoms with Crippen molar-refractivity contribution in [1.29, 1.82) is 0 Å². The number of aliphatic hydroxyl groups is 1. The van der Waals surface area contributed by atoms with E-state index < -0.39 is 11.5 Å². The minimum Gasteiger partial charge on any atom is -0.497 e. The van der Waals surface area contributed by atoms with Crippen LogP contribution in [-0.2, 0) is 16.0 Å². The maximum atomic E-state index is 13.6. The smallest absolute Gasteiger partial charge is 0.229 e. The first-order chi connectivity index (χ1) is 14.6. The second kappa shape index (κ2) is 9.19. The Hall–Kier alpha value is -2.37. The van der Waals surface area contributed by atoms with Gasteiger partial charge in [0.1, 0.15) is 5.75 Å². The summed E-state index contributed by atoms with van der Waals surface area (Å²) in [6, 6.07) is 16.5. The SMILES string of the molecule is COc1ccc(-c2cccc(CC3(C(=O)N4CCCC(O)C4)CCOCC3)c2)cc1. The number of aliphatic hydroxyl groups excluding tert-OH is 1. The first-order valence-corrected chi connectivity index (χ1v) is 10.9. The number of ether oxygens (including phenoxy) is 2. The molecular formula is C25H31NO4. The van der Waals surface area contributed by atoms with E-state index in [1.54, 1.807) is 7.11 Å². The van der Waals surface area contributed by atoms with E-state index in [0.717, 1.165) is 54.7 Å². The molecule has 4 rings (SSSR count). The summed E-state index contributed by atoms with van der Waals surface area (Å²) in [6.07, 6.45) is 3.40. The fourth-order valence-electron chi connectivity index (χ4n) is 4.74. The lowest BCUT2D eigenvalue weighted by Gasteiger charge is -2.42. The second-order valence-corrected chi connectivity index (χ2v) is 8.55. The number of carbonyl (C=O) groups excluding carboxylic acids is 1. The van der Waals surface area contributed by atoms with Crippen molar-refractivity contribution in [3.05, 3.63) is 54.1 Å². The van der Waals surface area contributed by atoms with Gasteiger partial charge < -0.3 is 19.5 Å². The molecule has 0 bridgehead atoms. The van der Waals surface area contributed by atoms with Crippen molar-refractivity contribution in [2.24, 2.45) is 5.41 Å². The number of piperidine rings is 1. The number of amides is 1. The first-order valence-electron chi connectivity index (χ1n) is 10.9. The number of nitrogens with zero attached hydrogens (tertiary/aromatic N) is 1. The van der Waals surface area contributed by atoms with Gasteiger partial charge in [-0.05, 0) is 60.9 Å². The predicted molar refractivity (Wildman–Crippen MR) is 116 cm³/mol. The fourth-order valence-corrected chi connectivity index (χ4v) is 4.74. The van der Waals surface area contributed by atoms with E-state index in [2.05, 4.69) is 36.4 Å². The predicted octanol–water partition coefficient (Wildman–Crippen LogP) is 3.68. The van der Waals surface area contributed by atoms with Gasteiger partial charge in [0.2, 0.25) is 5.91 Å². The minimum absolute atomic E-state index is 0.180. The number of hydrogen-bond acceptors (Lipinski definition) is 4. The number of β-amino-alcohol motifs (C(OH)–C–C–N with tert-alkyl or cyclic N) is 1. The molecule has 0 aliphatic carbocycles. The monoisotopic (exact) mass is 409 g/mol. The van der Waals surface area contributed by atoms with Gasteiger partial charge in [-0.15, -0.1) is 0 Å². The van der Waals surface area contributed by atoms with Gasteiger partial charge in [-0.25, -0.2) is 0 Å². The lowest BCUT2D eigenvalue weighted by Crippen LogP contribution is -2.52. The standard InChI is InChI=1S/C25H31NO4/c1-29-23-9-7-20(8-10-23)21-5-2-4-19(16-21)17-25(11-14-30-15-12-25)24(28)26-13-3-6-22(27)18-26/h2,4-5,7-10,16,22,27H,3,6,11-15,17-18H2,1H3. The normalized spacial score (nSPS) is 21.3. The van der Waals surface area contributed by atoms with Gasteiger partial charge in [0.05, 0.1) is 18.6 Å². The molecule has 2 saturated heterocycles. The minimum atomic E-state index is -0.451. The molecule has 1 unspecified atom stereocenters. The zero-order valence-electron chi connectivity index (χ0n) is 17.7. The lowest BCUT2D eigenvalue weighted by atomic mass is 9.73. The van der Waals surface area contributed by atoms with Crippen LogP contribution in [0.1, 0.15) is 31.2 Å². The van der Waals surface area contributed by atoms with Gasteiger partial charge in [0.25, 0.3) is 0 Å². The van der Waals surface area contributed by atoms with Crippen LogP contribution in [0.4, 0.5) is 0 Å². The fraction of sp³-hybridized carbons (Fsp3) is 0.480. The van der Waals surface area contributed by atoms with Gasteiger partial charge in [-0.2, -0.15) is 0 Å². The van der Waals surface area contributed by atoms with Crippen LogP contribution in [0, 0.1) is 5.41 Å². The zero-order chi connectivity index (χ0) is 21.0. The highest BCUT2D eigenvalue weighted by Gasteiger charge is 2.43. The molecule has 5 heteroatoms. The summed E-state index contributed by atoms with van der Waals surface area (Å²) in [4.78, 5) is 15.5. The third-order valence-corrected chi connectivity index (χ3v) is 6.48. The van der Waals surface area contributed by atoms with E-state index >= 15 is 0 Å². The summed E-state index contributed by atoms with van der Waals surface area (Å²) in [6.45, 7) is 2.42. The Labute approximate surface area is 178 Å². The maximum Gasteiger partial charge on any atom is 0.229 e. The van der Waals surface area contributed by atoms with Crippen LogP contribution in [0.5, 0.6) is 5.75 Å². The molecule has 0 radical (unpaired) electrons. The number of hydrogen-bond donors (Lipinski definition) is 1. The van der Waals surface area contributed by atoms with Gasteiger partial charge in [0, 0.05) is 26.3 Å². The van der Waals surface area contributed by atoms with Crippen LogP contribution in [0.2, 0.25) is 0 Å². The number of likely N-dealkylation sites (tertiary alicyclic amines) is 1. The molecule has 2 heterocycles. The molecule has 1 N–H and O–H groups in total. The number of carbonyl (C=O) groups is 1. The largest absolute Gasteiger partial charge is 0.497 e. The van der Waals surface area contributed by atoms with Crippen LogP contribution in [0.3, 0.4) is 0 Å². The molecule has 2 fully saturated rings. The second-order valence-electron chi connectivity index (χ2n) is 8.55. The van der Waals surface area contributed by atoms with Crippen molar-refractivity contribution < 1.29 is 19.4 Å². The summed E-state index contributed by atoms with van der Waals surface area (Å²) in [7, 11) is 1.67.